The third-order valence-corrected chi connectivity index (χ3v) is 4.58. The van der Waals surface area contributed by atoms with Crippen LogP contribution in [0.2, 0.25) is 0 Å². The number of hydrogen-bond donors (Lipinski definition) is 1. The van der Waals surface area contributed by atoms with Crippen molar-refractivity contribution in [3.05, 3.63) is 46.7 Å². The monoisotopic (exact) mass is 357 g/mol. The summed E-state index contributed by atoms with van der Waals surface area (Å²) in [7, 11) is 0. The summed E-state index contributed by atoms with van der Waals surface area (Å²) in [4.78, 5) is 0. The van der Waals surface area contributed by atoms with E-state index in [2.05, 4.69) is 43.6 Å². The van der Waals surface area contributed by atoms with E-state index in [-0.39, 0.29) is 6.04 Å². The zero-order valence-corrected chi connectivity index (χ0v) is 13.6. The minimum Gasteiger partial charge on any atom is -0.307 e. The van der Waals surface area contributed by atoms with E-state index in [1.165, 1.54) is 12.8 Å². The van der Waals surface area contributed by atoms with Gasteiger partial charge >= 0.3 is 0 Å². The van der Waals surface area contributed by atoms with Gasteiger partial charge in [-0.15, -0.1) is 10.2 Å². The summed E-state index contributed by atoms with van der Waals surface area (Å²) in [5, 5.41) is 16.9. The SMILES string of the molecule is Brc1ccc(-c2ccc3nnc([C@H]4CCCCN4)n3n2)cc1. The van der Waals surface area contributed by atoms with E-state index in [4.69, 9.17) is 5.10 Å². The maximum absolute atomic E-state index is 4.75. The molecule has 22 heavy (non-hydrogen) atoms. The van der Waals surface area contributed by atoms with Crippen LogP contribution in [0.1, 0.15) is 31.1 Å². The van der Waals surface area contributed by atoms with Gasteiger partial charge in [-0.1, -0.05) is 34.5 Å². The molecule has 1 saturated heterocycles. The predicted octanol–water partition coefficient (Wildman–Crippen LogP) is 3.37. The predicted molar refractivity (Wildman–Crippen MR) is 88.5 cm³/mol. The Morgan fingerprint density at radius 1 is 1.05 bits per heavy atom. The minimum atomic E-state index is 0.247. The van der Waals surface area contributed by atoms with Crippen molar-refractivity contribution in [3.63, 3.8) is 0 Å². The molecule has 0 aliphatic carbocycles. The molecule has 0 radical (unpaired) electrons. The van der Waals surface area contributed by atoms with E-state index in [1.807, 2.05) is 28.8 Å². The van der Waals surface area contributed by atoms with Crippen LogP contribution in [-0.2, 0) is 0 Å². The van der Waals surface area contributed by atoms with Crippen LogP contribution in [-0.4, -0.2) is 26.4 Å². The molecule has 1 aliphatic heterocycles. The Labute approximate surface area is 136 Å². The van der Waals surface area contributed by atoms with Gasteiger partial charge in [0.05, 0.1) is 11.7 Å². The summed E-state index contributed by atoms with van der Waals surface area (Å²) < 4.78 is 2.94. The normalized spacial score (nSPS) is 18.7. The van der Waals surface area contributed by atoms with Gasteiger partial charge < -0.3 is 5.32 Å². The molecule has 1 fully saturated rings. The Hall–Kier alpha value is -1.79. The molecule has 1 aromatic carbocycles. The summed E-state index contributed by atoms with van der Waals surface area (Å²) in [6.07, 6.45) is 3.54. The Balaban J connectivity index is 1.77. The van der Waals surface area contributed by atoms with E-state index >= 15 is 0 Å². The molecular weight excluding hydrogens is 342 g/mol. The maximum Gasteiger partial charge on any atom is 0.178 e. The smallest absolute Gasteiger partial charge is 0.178 e. The molecule has 2 aromatic heterocycles. The fourth-order valence-corrected chi connectivity index (χ4v) is 3.13. The standard InChI is InChI=1S/C16H16BrN5/c17-12-6-4-11(5-7-12)13-8-9-15-19-20-16(22(15)21-13)14-3-1-2-10-18-14/h4-9,14,18H,1-3,10H2/t14-/m1/s1. The lowest BCUT2D eigenvalue weighted by molar-refractivity contribution is 0.392. The molecule has 1 atom stereocenters. The van der Waals surface area contributed by atoms with Crippen LogP contribution < -0.4 is 5.32 Å². The van der Waals surface area contributed by atoms with Crippen molar-refractivity contribution in [2.24, 2.45) is 0 Å². The molecular formula is C16H16BrN5. The van der Waals surface area contributed by atoms with Crippen LogP contribution in [0.15, 0.2) is 40.9 Å². The van der Waals surface area contributed by atoms with E-state index < -0.39 is 0 Å². The first-order chi connectivity index (χ1) is 10.8. The zero-order chi connectivity index (χ0) is 14.9. The number of halogens is 1. The molecule has 112 valence electrons. The first-order valence-corrected chi connectivity index (χ1v) is 8.32. The third kappa shape index (κ3) is 2.53. The molecule has 4 rings (SSSR count). The number of fused-ring (bicyclic) bond motifs is 1. The Morgan fingerprint density at radius 2 is 1.91 bits per heavy atom. The Bertz CT molecular complexity index is 790. The Morgan fingerprint density at radius 3 is 2.68 bits per heavy atom. The molecule has 5 nitrogen and oxygen atoms in total. The van der Waals surface area contributed by atoms with Crippen molar-refractivity contribution in [3.8, 4) is 11.3 Å². The summed E-state index contributed by atoms with van der Waals surface area (Å²) in [6, 6.07) is 12.4. The van der Waals surface area contributed by atoms with Crippen molar-refractivity contribution in [2.75, 3.05) is 6.54 Å². The van der Waals surface area contributed by atoms with E-state index in [9.17, 15) is 0 Å². The van der Waals surface area contributed by atoms with E-state index in [0.29, 0.717) is 0 Å². The number of nitrogens with zero attached hydrogens (tertiary/aromatic N) is 4. The molecule has 3 aromatic rings. The van der Waals surface area contributed by atoms with Crippen molar-refractivity contribution >= 4 is 21.6 Å². The van der Waals surface area contributed by atoms with Crippen molar-refractivity contribution in [1.82, 2.24) is 25.1 Å². The molecule has 0 spiro atoms. The average molecular weight is 358 g/mol. The maximum atomic E-state index is 4.75. The quantitative estimate of drug-likeness (QED) is 0.763. The summed E-state index contributed by atoms with van der Waals surface area (Å²) in [5.74, 6) is 0.911. The van der Waals surface area contributed by atoms with Gasteiger partial charge in [0, 0.05) is 10.0 Å². The fraction of sp³-hybridized carbons (Fsp3) is 0.312. The van der Waals surface area contributed by atoms with Gasteiger partial charge in [-0.25, -0.2) is 0 Å². The molecule has 1 aliphatic rings. The molecule has 3 heterocycles. The highest BCUT2D eigenvalue weighted by molar-refractivity contribution is 9.10. The van der Waals surface area contributed by atoms with Crippen molar-refractivity contribution in [1.29, 1.82) is 0 Å². The van der Waals surface area contributed by atoms with Gasteiger partial charge in [0.2, 0.25) is 0 Å². The highest BCUT2D eigenvalue weighted by atomic mass is 79.9. The zero-order valence-electron chi connectivity index (χ0n) is 12.0. The number of aromatic nitrogens is 4. The number of piperidine rings is 1. The van der Waals surface area contributed by atoms with Gasteiger partial charge in [-0.2, -0.15) is 9.61 Å². The average Bonchev–Trinajstić information content (AvgIpc) is 2.99. The summed E-state index contributed by atoms with van der Waals surface area (Å²) >= 11 is 3.46. The van der Waals surface area contributed by atoms with Crippen LogP contribution in [0.4, 0.5) is 0 Å². The van der Waals surface area contributed by atoms with Crippen LogP contribution in [0.25, 0.3) is 16.9 Å². The lowest BCUT2D eigenvalue weighted by Crippen LogP contribution is -2.28. The first-order valence-electron chi connectivity index (χ1n) is 7.53. The van der Waals surface area contributed by atoms with Gasteiger partial charge in [0.25, 0.3) is 0 Å². The lowest BCUT2D eigenvalue weighted by Gasteiger charge is -2.21. The van der Waals surface area contributed by atoms with Crippen molar-refractivity contribution < 1.29 is 0 Å². The topological polar surface area (TPSA) is 55.1 Å². The molecule has 0 saturated carbocycles. The highest BCUT2D eigenvalue weighted by Gasteiger charge is 2.21. The number of hydrogen-bond acceptors (Lipinski definition) is 4. The number of nitrogens with one attached hydrogen (secondary N) is 1. The van der Waals surface area contributed by atoms with E-state index in [0.717, 1.165) is 40.2 Å². The third-order valence-electron chi connectivity index (χ3n) is 4.05. The van der Waals surface area contributed by atoms with Crippen LogP contribution >= 0.6 is 15.9 Å². The van der Waals surface area contributed by atoms with Crippen LogP contribution in [0, 0.1) is 0 Å². The first kappa shape index (κ1) is 13.8. The van der Waals surface area contributed by atoms with Gasteiger partial charge in [-0.05, 0) is 43.7 Å². The number of rotatable bonds is 2. The molecule has 0 amide bonds. The lowest BCUT2D eigenvalue weighted by atomic mass is 10.0. The molecule has 0 unspecified atom stereocenters. The van der Waals surface area contributed by atoms with Gasteiger partial charge in [-0.3, -0.25) is 0 Å². The van der Waals surface area contributed by atoms with E-state index in [1.54, 1.807) is 0 Å². The second kappa shape index (κ2) is 5.78. The van der Waals surface area contributed by atoms with Gasteiger partial charge in [0.15, 0.2) is 11.5 Å². The second-order valence-corrected chi connectivity index (χ2v) is 6.47. The Kier molecular flexibility index (Phi) is 3.63. The minimum absolute atomic E-state index is 0.247. The number of benzene rings is 1. The van der Waals surface area contributed by atoms with Crippen LogP contribution in [0.3, 0.4) is 0 Å². The second-order valence-electron chi connectivity index (χ2n) is 5.56. The molecule has 0 bridgehead atoms. The summed E-state index contributed by atoms with van der Waals surface area (Å²) in [5.41, 5.74) is 2.81. The van der Waals surface area contributed by atoms with Gasteiger partial charge in [0.1, 0.15) is 0 Å². The largest absolute Gasteiger partial charge is 0.307 e. The van der Waals surface area contributed by atoms with Crippen molar-refractivity contribution in [2.45, 2.75) is 25.3 Å². The highest BCUT2D eigenvalue weighted by Crippen LogP contribution is 2.24. The summed E-state index contributed by atoms with van der Waals surface area (Å²) in [6.45, 7) is 1.03. The molecule has 6 heteroatoms. The van der Waals surface area contributed by atoms with Crippen LogP contribution in [0.5, 0.6) is 0 Å². The fourth-order valence-electron chi connectivity index (χ4n) is 2.87. The molecule has 1 N–H and O–H groups in total.